The van der Waals surface area contributed by atoms with E-state index in [1.54, 1.807) is 0 Å². The van der Waals surface area contributed by atoms with Crippen molar-refractivity contribution in [1.29, 1.82) is 0 Å². The van der Waals surface area contributed by atoms with E-state index in [0.717, 1.165) is 44.2 Å². The maximum Gasteiger partial charge on any atom is 0.101 e. The summed E-state index contributed by atoms with van der Waals surface area (Å²) in [7, 11) is 0. The number of piperidine rings is 3. The molecule has 0 aromatic rings. The van der Waals surface area contributed by atoms with E-state index < -0.39 is 12.3 Å². The van der Waals surface area contributed by atoms with Gasteiger partial charge in [-0.05, 0) is 38.7 Å². The molecule has 4 rings (SSSR count). The average molecular weight is 240 g/mol. The van der Waals surface area contributed by atoms with Crippen molar-refractivity contribution in [1.82, 2.24) is 4.90 Å². The van der Waals surface area contributed by atoms with Crippen molar-refractivity contribution in [2.24, 2.45) is 5.92 Å². The van der Waals surface area contributed by atoms with E-state index in [1.165, 1.54) is 0 Å². The second-order valence-corrected chi connectivity index (χ2v) is 5.24. The van der Waals surface area contributed by atoms with Crippen molar-refractivity contribution in [3.8, 4) is 0 Å². The number of nitrogens with zero attached hydrogens (tertiary/aromatic N) is 1. The standard InChI is InChI=1S/C10H17NOS.ClH/c1-8-12-10(7-13-8)6-11-4-2-9(10)3-5-11;/h8-9H,2-7H2,1H3;1H/t8?,10-;/m0./s1/i1D3,8D;. The minimum absolute atomic E-state index is 0. The monoisotopic (exact) mass is 239 g/mol. The molecular weight excluding hydrogens is 218 g/mol. The molecule has 0 aliphatic carbocycles. The number of ether oxygens (including phenoxy) is 1. The zero-order chi connectivity index (χ0) is 12.3. The van der Waals surface area contributed by atoms with E-state index in [-0.39, 0.29) is 18.0 Å². The highest BCUT2D eigenvalue weighted by atomic mass is 35.5. The van der Waals surface area contributed by atoms with E-state index in [4.69, 9.17) is 10.2 Å². The molecule has 4 aliphatic rings. The second-order valence-electron chi connectivity index (χ2n) is 4.29. The van der Waals surface area contributed by atoms with E-state index >= 15 is 0 Å². The lowest BCUT2D eigenvalue weighted by atomic mass is 9.76. The molecule has 2 nitrogen and oxygen atoms in total. The molecule has 14 heavy (non-hydrogen) atoms. The van der Waals surface area contributed by atoms with Crippen molar-refractivity contribution in [2.45, 2.75) is 30.7 Å². The highest BCUT2D eigenvalue weighted by Gasteiger charge is 2.51. The van der Waals surface area contributed by atoms with E-state index in [2.05, 4.69) is 4.90 Å². The quantitative estimate of drug-likeness (QED) is 0.642. The Morgan fingerprint density at radius 3 is 2.86 bits per heavy atom. The summed E-state index contributed by atoms with van der Waals surface area (Å²) in [5.41, 5.74) is -2.14. The second kappa shape index (κ2) is 3.85. The number of fused-ring (bicyclic) bond motifs is 2. The molecular formula is C10H18ClNOS. The fourth-order valence-electron chi connectivity index (χ4n) is 2.84. The summed E-state index contributed by atoms with van der Waals surface area (Å²) in [5.74, 6) is 1.09. The molecule has 4 aliphatic heterocycles. The van der Waals surface area contributed by atoms with Gasteiger partial charge in [0, 0.05) is 16.4 Å². The molecule has 4 heterocycles. The molecule has 0 saturated carbocycles. The third-order valence-electron chi connectivity index (χ3n) is 3.57. The first-order valence-corrected chi connectivity index (χ1v) is 5.90. The molecule has 0 N–H and O–H groups in total. The molecule has 4 saturated heterocycles. The lowest BCUT2D eigenvalue weighted by Gasteiger charge is -2.50. The van der Waals surface area contributed by atoms with Crippen LogP contribution in [0.25, 0.3) is 0 Å². The summed E-state index contributed by atoms with van der Waals surface area (Å²) in [6, 6.07) is 0. The largest absolute Gasteiger partial charge is 0.359 e. The van der Waals surface area contributed by atoms with Gasteiger partial charge >= 0.3 is 0 Å². The van der Waals surface area contributed by atoms with Crippen LogP contribution in [0.2, 0.25) is 0 Å². The number of halogens is 1. The molecule has 4 fully saturated rings. The van der Waals surface area contributed by atoms with Crippen LogP contribution in [0.5, 0.6) is 0 Å². The molecule has 2 atom stereocenters. The van der Waals surface area contributed by atoms with Gasteiger partial charge in [-0.3, -0.25) is 0 Å². The lowest BCUT2D eigenvalue weighted by molar-refractivity contribution is -0.133. The molecule has 2 bridgehead atoms. The summed E-state index contributed by atoms with van der Waals surface area (Å²) in [6.07, 6.45) is 2.16. The van der Waals surface area contributed by atoms with Gasteiger partial charge in [0.05, 0.1) is 6.97 Å². The van der Waals surface area contributed by atoms with E-state index in [0.29, 0.717) is 11.7 Å². The minimum atomic E-state index is -2.37. The number of hydrogen-bond acceptors (Lipinski definition) is 3. The molecule has 1 unspecified atom stereocenters. The zero-order valence-corrected chi connectivity index (χ0v) is 9.62. The van der Waals surface area contributed by atoms with Crippen LogP contribution in [0.3, 0.4) is 0 Å². The van der Waals surface area contributed by atoms with Gasteiger partial charge in [0.25, 0.3) is 0 Å². The van der Waals surface area contributed by atoms with Crippen molar-refractivity contribution in [3.63, 3.8) is 0 Å². The molecule has 82 valence electrons. The molecule has 4 heteroatoms. The van der Waals surface area contributed by atoms with E-state index in [1.807, 2.05) is 0 Å². The Labute approximate surface area is 102 Å². The van der Waals surface area contributed by atoms with Crippen LogP contribution < -0.4 is 0 Å². The van der Waals surface area contributed by atoms with Gasteiger partial charge in [0.1, 0.15) is 5.41 Å². The lowest BCUT2D eigenvalue weighted by Crippen LogP contribution is -2.60. The summed E-state index contributed by atoms with van der Waals surface area (Å²) >= 11 is 1.15. The Hall–Kier alpha value is 0.560. The van der Waals surface area contributed by atoms with E-state index in [9.17, 15) is 0 Å². The van der Waals surface area contributed by atoms with Crippen LogP contribution in [0, 0.1) is 5.92 Å². The number of rotatable bonds is 0. The first-order chi connectivity index (χ1) is 7.85. The normalized spacial score (nSPS) is 61.1. The van der Waals surface area contributed by atoms with Gasteiger partial charge in [-0.1, -0.05) is 0 Å². The van der Waals surface area contributed by atoms with Crippen LogP contribution in [0.15, 0.2) is 0 Å². The van der Waals surface area contributed by atoms with Crippen molar-refractivity contribution in [3.05, 3.63) is 0 Å². The number of hydrogen-bond donors (Lipinski definition) is 0. The highest BCUT2D eigenvalue weighted by molar-refractivity contribution is 8.00. The van der Waals surface area contributed by atoms with Gasteiger partial charge in [-0.15, -0.1) is 24.2 Å². The predicted molar refractivity (Wildman–Crippen MR) is 62.1 cm³/mol. The van der Waals surface area contributed by atoms with Crippen molar-refractivity contribution in [2.75, 3.05) is 25.4 Å². The van der Waals surface area contributed by atoms with Gasteiger partial charge in [0.15, 0.2) is 0 Å². The molecule has 0 amide bonds. The Bertz CT molecular complexity index is 336. The Morgan fingerprint density at radius 1 is 1.57 bits per heavy atom. The maximum atomic E-state index is 8.03. The summed E-state index contributed by atoms with van der Waals surface area (Å²) in [5, 5.41) is 0. The van der Waals surface area contributed by atoms with Gasteiger partial charge in [-0.25, -0.2) is 0 Å². The third-order valence-corrected chi connectivity index (χ3v) is 4.54. The first kappa shape index (κ1) is 7.00. The fraction of sp³-hybridized carbons (Fsp3) is 1.00. The molecule has 1 spiro atoms. The van der Waals surface area contributed by atoms with Gasteiger partial charge < -0.3 is 9.64 Å². The topological polar surface area (TPSA) is 12.5 Å². The first-order valence-electron chi connectivity index (χ1n) is 6.91. The Balaban J connectivity index is 0.00000120. The number of thioether (sulfide) groups is 1. The van der Waals surface area contributed by atoms with Gasteiger partial charge in [0.2, 0.25) is 0 Å². The van der Waals surface area contributed by atoms with Crippen LogP contribution in [0.1, 0.15) is 25.2 Å². The van der Waals surface area contributed by atoms with Crippen LogP contribution >= 0.6 is 24.2 Å². The maximum absolute atomic E-state index is 8.03. The Kier molecular flexibility index (Phi) is 1.93. The minimum Gasteiger partial charge on any atom is -0.359 e. The predicted octanol–water partition coefficient (Wildman–Crippen LogP) is 1.98. The highest BCUT2D eigenvalue weighted by Crippen LogP contribution is 2.46. The average Bonchev–Trinajstić information content (AvgIpc) is 2.58. The molecule has 0 aromatic carbocycles. The van der Waals surface area contributed by atoms with Gasteiger partial charge in [-0.2, -0.15) is 0 Å². The summed E-state index contributed by atoms with van der Waals surface area (Å²) < 4.78 is 36.2. The smallest absolute Gasteiger partial charge is 0.101 e. The molecule has 0 aromatic heterocycles. The summed E-state index contributed by atoms with van der Waals surface area (Å²) in [4.78, 5) is 2.34. The third kappa shape index (κ3) is 1.58. The van der Waals surface area contributed by atoms with Crippen molar-refractivity contribution < 1.29 is 10.2 Å². The SMILES string of the molecule is Cl.[2H]C([2H])([2H])C1([2H])O[C@]2(CS1)CN1CCC2CC1. The molecule has 0 radical (unpaired) electrons. The van der Waals surface area contributed by atoms with Crippen molar-refractivity contribution >= 4 is 24.2 Å². The summed E-state index contributed by atoms with van der Waals surface area (Å²) in [6.45, 7) is 0.632. The Morgan fingerprint density at radius 2 is 2.36 bits per heavy atom. The van der Waals surface area contributed by atoms with Crippen LogP contribution in [-0.4, -0.2) is 41.3 Å². The zero-order valence-electron chi connectivity index (χ0n) is 12.0. The van der Waals surface area contributed by atoms with Crippen LogP contribution in [-0.2, 0) is 4.74 Å². The fourth-order valence-corrected chi connectivity index (χ4v) is 3.82. The van der Waals surface area contributed by atoms with Crippen LogP contribution in [0.4, 0.5) is 0 Å².